The quantitative estimate of drug-likeness (QED) is 0.625. The van der Waals surface area contributed by atoms with Gasteiger partial charge in [-0.3, -0.25) is 14.9 Å². The summed E-state index contributed by atoms with van der Waals surface area (Å²) in [6.07, 6.45) is 0.673. The largest absolute Gasteiger partial charge is 0.334 e. The van der Waals surface area contributed by atoms with Gasteiger partial charge in [0, 0.05) is 30.3 Å². The average molecular weight is 327 g/mol. The molecule has 0 radical (unpaired) electrons. The summed E-state index contributed by atoms with van der Waals surface area (Å²) in [5, 5.41) is 11.1. The van der Waals surface area contributed by atoms with Gasteiger partial charge in [0.05, 0.1) is 4.92 Å². The zero-order valence-electron chi connectivity index (χ0n) is 13.6. The van der Waals surface area contributed by atoms with Gasteiger partial charge in [-0.25, -0.2) is 0 Å². The van der Waals surface area contributed by atoms with Crippen molar-refractivity contribution in [3.8, 4) is 0 Å². The number of nitro groups is 1. The summed E-state index contributed by atoms with van der Waals surface area (Å²) in [5.41, 5.74) is 7.38. The third-order valence-electron chi connectivity index (χ3n) is 3.79. The summed E-state index contributed by atoms with van der Waals surface area (Å²) in [6.45, 7) is 3.09. The number of nitro benzene ring substituents is 1. The topological polar surface area (TPSA) is 89.5 Å². The van der Waals surface area contributed by atoms with Crippen LogP contribution in [-0.2, 0) is 6.54 Å². The number of rotatable bonds is 7. The highest BCUT2D eigenvalue weighted by atomic mass is 16.6. The van der Waals surface area contributed by atoms with Gasteiger partial charge in [0.2, 0.25) is 0 Å². The summed E-state index contributed by atoms with van der Waals surface area (Å²) >= 11 is 0. The lowest BCUT2D eigenvalue weighted by atomic mass is 10.1. The third-order valence-corrected chi connectivity index (χ3v) is 3.79. The predicted molar refractivity (Wildman–Crippen MR) is 92.7 cm³/mol. The number of aryl methyl sites for hydroxylation is 1. The molecule has 0 aliphatic rings. The van der Waals surface area contributed by atoms with Crippen LogP contribution in [0.1, 0.15) is 27.9 Å². The normalized spacial score (nSPS) is 10.4. The van der Waals surface area contributed by atoms with E-state index in [2.05, 4.69) is 0 Å². The van der Waals surface area contributed by atoms with Crippen molar-refractivity contribution in [1.82, 2.24) is 4.90 Å². The lowest BCUT2D eigenvalue weighted by Gasteiger charge is -2.23. The number of nitrogens with two attached hydrogens (primary N) is 1. The van der Waals surface area contributed by atoms with E-state index in [0.29, 0.717) is 37.2 Å². The molecule has 0 aromatic heterocycles. The molecule has 0 saturated carbocycles. The van der Waals surface area contributed by atoms with Crippen LogP contribution in [-0.4, -0.2) is 28.8 Å². The molecule has 2 aromatic rings. The summed E-state index contributed by atoms with van der Waals surface area (Å²) in [4.78, 5) is 25.1. The molecule has 0 aliphatic carbocycles. The van der Waals surface area contributed by atoms with Crippen LogP contribution in [0.3, 0.4) is 0 Å². The Kier molecular flexibility index (Phi) is 6.03. The highest BCUT2D eigenvalue weighted by Gasteiger charge is 2.19. The summed E-state index contributed by atoms with van der Waals surface area (Å²) in [5.74, 6) is -0.226. The Morgan fingerprint density at radius 1 is 1.21 bits per heavy atom. The molecule has 0 saturated heterocycles. The first-order valence-corrected chi connectivity index (χ1v) is 7.81. The van der Waals surface area contributed by atoms with Crippen LogP contribution in [0, 0.1) is 17.0 Å². The van der Waals surface area contributed by atoms with E-state index in [-0.39, 0.29) is 11.6 Å². The van der Waals surface area contributed by atoms with Gasteiger partial charge in [-0.1, -0.05) is 36.4 Å². The maximum atomic E-state index is 12.8. The van der Waals surface area contributed by atoms with E-state index in [0.717, 1.165) is 5.56 Å². The second-order valence-electron chi connectivity index (χ2n) is 5.61. The van der Waals surface area contributed by atoms with Crippen LogP contribution in [0.25, 0.3) is 0 Å². The van der Waals surface area contributed by atoms with Gasteiger partial charge in [0.1, 0.15) is 0 Å². The van der Waals surface area contributed by atoms with E-state index in [1.54, 1.807) is 24.0 Å². The van der Waals surface area contributed by atoms with Crippen molar-refractivity contribution >= 4 is 11.6 Å². The van der Waals surface area contributed by atoms with Crippen LogP contribution >= 0.6 is 0 Å². The van der Waals surface area contributed by atoms with Gasteiger partial charge in [-0.15, -0.1) is 0 Å². The number of carbonyl (C=O) groups excluding carboxylic acids is 1. The Labute approximate surface area is 141 Å². The van der Waals surface area contributed by atoms with Gasteiger partial charge in [0.25, 0.3) is 11.6 Å². The van der Waals surface area contributed by atoms with Crippen molar-refractivity contribution in [2.24, 2.45) is 5.73 Å². The van der Waals surface area contributed by atoms with Crippen LogP contribution < -0.4 is 5.73 Å². The first kappa shape index (κ1) is 17.6. The number of amides is 1. The molecule has 0 atom stereocenters. The van der Waals surface area contributed by atoms with E-state index >= 15 is 0 Å². The van der Waals surface area contributed by atoms with E-state index in [1.165, 1.54) is 6.07 Å². The average Bonchev–Trinajstić information content (AvgIpc) is 2.59. The van der Waals surface area contributed by atoms with E-state index in [4.69, 9.17) is 5.73 Å². The molecule has 6 heteroatoms. The van der Waals surface area contributed by atoms with Crippen LogP contribution in [0.2, 0.25) is 0 Å². The highest BCUT2D eigenvalue weighted by molar-refractivity contribution is 5.95. The molecule has 0 aliphatic heterocycles. The van der Waals surface area contributed by atoms with E-state index in [9.17, 15) is 14.9 Å². The van der Waals surface area contributed by atoms with Gasteiger partial charge in [0.15, 0.2) is 0 Å². The Hall–Kier alpha value is -2.73. The molecule has 24 heavy (non-hydrogen) atoms. The fourth-order valence-corrected chi connectivity index (χ4v) is 2.46. The number of hydrogen-bond acceptors (Lipinski definition) is 4. The fraction of sp³-hybridized carbons (Fsp3) is 0.278. The predicted octanol–water partition coefficient (Wildman–Crippen LogP) is 2.89. The summed E-state index contributed by atoms with van der Waals surface area (Å²) in [6, 6.07) is 14.2. The second-order valence-corrected chi connectivity index (χ2v) is 5.61. The first-order chi connectivity index (χ1) is 11.5. The number of nitrogens with zero attached hydrogens (tertiary/aromatic N) is 2. The molecule has 2 N–H and O–H groups in total. The Morgan fingerprint density at radius 3 is 2.54 bits per heavy atom. The van der Waals surface area contributed by atoms with Crippen molar-refractivity contribution in [3.63, 3.8) is 0 Å². The lowest BCUT2D eigenvalue weighted by Crippen LogP contribution is -2.32. The van der Waals surface area contributed by atoms with Crippen LogP contribution in [0.4, 0.5) is 5.69 Å². The first-order valence-electron chi connectivity index (χ1n) is 7.81. The number of hydrogen-bond donors (Lipinski definition) is 1. The van der Waals surface area contributed by atoms with Crippen molar-refractivity contribution in [1.29, 1.82) is 0 Å². The molecule has 6 nitrogen and oxygen atoms in total. The lowest BCUT2D eigenvalue weighted by molar-refractivity contribution is -0.385. The molecule has 126 valence electrons. The summed E-state index contributed by atoms with van der Waals surface area (Å²) in [7, 11) is 0. The van der Waals surface area contributed by atoms with Crippen molar-refractivity contribution in [2.45, 2.75) is 19.9 Å². The molecule has 0 spiro atoms. The molecule has 1 amide bonds. The smallest absolute Gasteiger partial charge is 0.273 e. The highest BCUT2D eigenvalue weighted by Crippen LogP contribution is 2.21. The molecule has 0 bridgehead atoms. The van der Waals surface area contributed by atoms with E-state index < -0.39 is 4.92 Å². The number of benzene rings is 2. The molecule has 0 unspecified atom stereocenters. The zero-order valence-corrected chi connectivity index (χ0v) is 13.6. The Bertz CT molecular complexity index is 717. The standard InChI is InChI=1S/C18H21N3O3/c1-14-8-9-16(12-17(14)21(23)24)18(22)20(11-5-10-19)13-15-6-3-2-4-7-15/h2-4,6-9,12H,5,10-11,13,19H2,1H3. The molecule has 2 rings (SSSR count). The van der Waals surface area contributed by atoms with Crippen molar-refractivity contribution < 1.29 is 9.72 Å². The maximum Gasteiger partial charge on any atom is 0.273 e. The fourth-order valence-electron chi connectivity index (χ4n) is 2.46. The van der Waals surface area contributed by atoms with Crippen molar-refractivity contribution in [2.75, 3.05) is 13.1 Å². The minimum Gasteiger partial charge on any atom is -0.334 e. The summed E-state index contributed by atoms with van der Waals surface area (Å²) < 4.78 is 0. The maximum absolute atomic E-state index is 12.8. The molecule has 0 heterocycles. The zero-order chi connectivity index (χ0) is 17.5. The minimum absolute atomic E-state index is 0.0423. The van der Waals surface area contributed by atoms with Gasteiger partial charge < -0.3 is 10.6 Å². The SMILES string of the molecule is Cc1ccc(C(=O)N(CCCN)Cc2ccccc2)cc1[N+](=O)[O-]. The van der Waals surface area contributed by atoms with Gasteiger partial charge in [-0.2, -0.15) is 0 Å². The molecule has 2 aromatic carbocycles. The van der Waals surface area contributed by atoms with Gasteiger partial charge >= 0.3 is 0 Å². The Balaban J connectivity index is 2.27. The Morgan fingerprint density at radius 2 is 1.92 bits per heavy atom. The molecular formula is C18H21N3O3. The molecule has 0 fully saturated rings. The second kappa shape index (κ2) is 8.21. The minimum atomic E-state index is -0.465. The van der Waals surface area contributed by atoms with Crippen LogP contribution in [0.15, 0.2) is 48.5 Å². The monoisotopic (exact) mass is 327 g/mol. The van der Waals surface area contributed by atoms with E-state index in [1.807, 2.05) is 30.3 Å². The third kappa shape index (κ3) is 4.39. The number of carbonyl (C=O) groups is 1. The van der Waals surface area contributed by atoms with Gasteiger partial charge in [-0.05, 0) is 31.5 Å². The van der Waals surface area contributed by atoms with Crippen LogP contribution in [0.5, 0.6) is 0 Å². The van der Waals surface area contributed by atoms with Crippen molar-refractivity contribution in [3.05, 3.63) is 75.3 Å². The molecular weight excluding hydrogens is 306 g/mol.